The Bertz CT molecular complexity index is 307. The molecular formula is C13H22N2O3. The minimum Gasteiger partial charge on any atom is -0.481 e. The van der Waals surface area contributed by atoms with Crippen molar-refractivity contribution in [2.24, 2.45) is 0 Å². The van der Waals surface area contributed by atoms with E-state index in [2.05, 4.69) is 4.90 Å². The number of hydrogen-bond donors (Lipinski definition) is 1. The second kappa shape index (κ2) is 6.18. The molecule has 1 saturated heterocycles. The van der Waals surface area contributed by atoms with Crippen molar-refractivity contribution in [1.29, 1.82) is 0 Å². The number of rotatable bonds is 6. The van der Waals surface area contributed by atoms with Gasteiger partial charge in [0.15, 0.2) is 0 Å². The van der Waals surface area contributed by atoms with Crippen LogP contribution in [0, 0.1) is 0 Å². The lowest BCUT2D eigenvalue weighted by Crippen LogP contribution is -2.49. The van der Waals surface area contributed by atoms with Crippen molar-refractivity contribution >= 4 is 11.9 Å². The molecule has 0 atom stereocenters. The molecule has 5 heteroatoms. The topological polar surface area (TPSA) is 60.9 Å². The lowest BCUT2D eigenvalue weighted by atomic mass is 10.1. The maximum absolute atomic E-state index is 11.9. The number of carboxylic acid groups (broad SMARTS) is 1. The Balaban J connectivity index is 1.59. The van der Waals surface area contributed by atoms with E-state index in [-0.39, 0.29) is 12.3 Å². The van der Waals surface area contributed by atoms with Crippen LogP contribution in [0.5, 0.6) is 0 Å². The first-order valence-corrected chi connectivity index (χ1v) is 6.90. The fraction of sp³-hybridized carbons (Fsp3) is 0.846. The van der Waals surface area contributed by atoms with Crippen LogP contribution in [0.1, 0.15) is 38.5 Å². The maximum Gasteiger partial charge on any atom is 0.303 e. The number of carbonyl (C=O) groups excluding carboxylic acids is 1. The van der Waals surface area contributed by atoms with Crippen molar-refractivity contribution in [1.82, 2.24) is 9.80 Å². The first-order chi connectivity index (χ1) is 8.66. The summed E-state index contributed by atoms with van der Waals surface area (Å²) in [4.78, 5) is 26.7. The molecular weight excluding hydrogens is 232 g/mol. The molecule has 0 spiro atoms. The van der Waals surface area contributed by atoms with Gasteiger partial charge in [0.2, 0.25) is 5.91 Å². The molecule has 102 valence electrons. The standard InChI is InChI=1S/C13H22N2O3/c16-12(3-1-2-4-13(17)18)15-9-7-14(8-10-15)11-5-6-11/h11H,1-10H2,(H,17,18). The van der Waals surface area contributed by atoms with Gasteiger partial charge in [0.05, 0.1) is 0 Å². The van der Waals surface area contributed by atoms with Crippen LogP contribution in [-0.2, 0) is 9.59 Å². The Morgan fingerprint density at radius 3 is 2.17 bits per heavy atom. The predicted molar refractivity (Wildman–Crippen MR) is 67.3 cm³/mol. The number of hydrogen-bond acceptors (Lipinski definition) is 3. The van der Waals surface area contributed by atoms with Gasteiger partial charge in [-0.3, -0.25) is 14.5 Å². The van der Waals surface area contributed by atoms with Crippen LogP contribution in [0.2, 0.25) is 0 Å². The molecule has 0 aromatic rings. The largest absolute Gasteiger partial charge is 0.481 e. The van der Waals surface area contributed by atoms with Crippen LogP contribution >= 0.6 is 0 Å². The minimum absolute atomic E-state index is 0.169. The van der Waals surface area contributed by atoms with Crippen LogP contribution in [0.15, 0.2) is 0 Å². The van der Waals surface area contributed by atoms with E-state index in [0.29, 0.717) is 19.3 Å². The predicted octanol–water partition coefficient (Wildman–Crippen LogP) is 0.938. The molecule has 18 heavy (non-hydrogen) atoms. The lowest BCUT2D eigenvalue weighted by Gasteiger charge is -2.34. The van der Waals surface area contributed by atoms with E-state index in [9.17, 15) is 9.59 Å². The summed E-state index contributed by atoms with van der Waals surface area (Å²) in [5, 5.41) is 8.51. The summed E-state index contributed by atoms with van der Waals surface area (Å²) in [5.74, 6) is -0.587. The van der Waals surface area contributed by atoms with Gasteiger partial charge in [-0.2, -0.15) is 0 Å². The molecule has 2 rings (SSSR count). The number of piperazine rings is 1. The zero-order chi connectivity index (χ0) is 13.0. The summed E-state index contributed by atoms with van der Waals surface area (Å²) in [6.07, 6.45) is 4.60. The highest BCUT2D eigenvalue weighted by atomic mass is 16.4. The Labute approximate surface area is 108 Å². The molecule has 0 unspecified atom stereocenters. The molecule has 2 aliphatic rings. The smallest absolute Gasteiger partial charge is 0.303 e. The van der Waals surface area contributed by atoms with E-state index in [1.54, 1.807) is 0 Å². The molecule has 0 radical (unpaired) electrons. The summed E-state index contributed by atoms with van der Waals surface area (Å²) in [6, 6.07) is 0.790. The van der Waals surface area contributed by atoms with Crippen molar-refractivity contribution in [3.05, 3.63) is 0 Å². The van der Waals surface area contributed by atoms with Gasteiger partial charge in [-0.25, -0.2) is 0 Å². The van der Waals surface area contributed by atoms with E-state index in [1.165, 1.54) is 12.8 Å². The summed E-state index contributed by atoms with van der Waals surface area (Å²) >= 11 is 0. The van der Waals surface area contributed by atoms with Crippen molar-refractivity contribution in [2.45, 2.75) is 44.6 Å². The fourth-order valence-electron chi connectivity index (χ4n) is 2.49. The van der Waals surface area contributed by atoms with Crippen LogP contribution in [-0.4, -0.2) is 59.0 Å². The third-order valence-electron chi connectivity index (χ3n) is 3.76. The monoisotopic (exact) mass is 254 g/mol. The van der Waals surface area contributed by atoms with Crippen molar-refractivity contribution in [3.8, 4) is 0 Å². The SMILES string of the molecule is O=C(O)CCCCC(=O)N1CCN(C2CC2)CC1. The number of aliphatic carboxylic acids is 1. The third kappa shape index (κ3) is 3.98. The molecule has 1 aliphatic heterocycles. The van der Waals surface area contributed by atoms with Crippen molar-refractivity contribution in [3.63, 3.8) is 0 Å². The highest BCUT2D eigenvalue weighted by molar-refractivity contribution is 5.76. The minimum atomic E-state index is -0.777. The van der Waals surface area contributed by atoms with Crippen LogP contribution in [0.3, 0.4) is 0 Å². The van der Waals surface area contributed by atoms with E-state index in [0.717, 1.165) is 32.2 Å². The van der Waals surface area contributed by atoms with Gasteiger partial charge >= 0.3 is 5.97 Å². The van der Waals surface area contributed by atoms with Crippen molar-refractivity contribution < 1.29 is 14.7 Å². The number of carboxylic acids is 1. The number of amides is 1. The zero-order valence-electron chi connectivity index (χ0n) is 10.8. The van der Waals surface area contributed by atoms with E-state index in [4.69, 9.17) is 5.11 Å². The van der Waals surface area contributed by atoms with Crippen LogP contribution in [0.25, 0.3) is 0 Å². The van der Waals surface area contributed by atoms with Crippen molar-refractivity contribution in [2.75, 3.05) is 26.2 Å². The Morgan fingerprint density at radius 1 is 1.00 bits per heavy atom. The molecule has 0 aromatic carbocycles. The Kier molecular flexibility index (Phi) is 4.58. The number of carbonyl (C=O) groups is 2. The van der Waals surface area contributed by atoms with Gasteiger partial charge in [0.25, 0.3) is 0 Å². The molecule has 1 amide bonds. The first-order valence-electron chi connectivity index (χ1n) is 6.90. The maximum atomic E-state index is 11.9. The highest BCUT2D eigenvalue weighted by Gasteiger charge is 2.31. The first kappa shape index (κ1) is 13.3. The van der Waals surface area contributed by atoms with E-state index >= 15 is 0 Å². The molecule has 1 saturated carbocycles. The molecule has 1 heterocycles. The summed E-state index contributed by atoms with van der Waals surface area (Å²) in [6.45, 7) is 3.69. The zero-order valence-corrected chi connectivity index (χ0v) is 10.8. The summed E-state index contributed by atoms with van der Waals surface area (Å²) < 4.78 is 0. The molecule has 5 nitrogen and oxygen atoms in total. The third-order valence-corrected chi connectivity index (χ3v) is 3.76. The van der Waals surface area contributed by atoms with Gasteiger partial charge in [-0.1, -0.05) is 0 Å². The molecule has 0 aromatic heterocycles. The Morgan fingerprint density at radius 2 is 1.61 bits per heavy atom. The quantitative estimate of drug-likeness (QED) is 0.717. The molecule has 2 fully saturated rings. The van der Waals surface area contributed by atoms with Crippen LogP contribution < -0.4 is 0 Å². The number of nitrogens with zero attached hydrogens (tertiary/aromatic N) is 2. The van der Waals surface area contributed by atoms with Gasteiger partial charge < -0.3 is 10.0 Å². The normalized spacial score (nSPS) is 21.0. The average Bonchev–Trinajstić information content (AvgIpc) is 3.18. The second-order valence-corrected chi connectivity index (χ2v) is 5.25. The lowest BCUT2D eigenvalue weighted by molar-refractivity contribution is -0.138. The summed E-state index contributed by atoms with van der Waals surface area (Å²) in [5.41, 5.74) is 0. The van der Waals surface area contributed by atoms with Gasteiger partial charge in [0.1, 0.15) is 0 Å². The van der Waals surface area contributed by atoms with Gasteiger partial charge in [-0.05, 0) is 25.7 Å². The molecule has 1 aliphatic carbocycles. The van der Waals surface area contributed by atoms with E-state index in [1.807, 2.05) is 4.90 Å². The van der Waals surface area contributed by atoms with E-state index < -0.39 is 5.97 Å². The fourth-order valence-corrected chi connectivity index (χ4v) is 2.49. The highest BCUT2D eigenvalue weighted by Crippen LogP contribution is 2.27. The van der Waals surface area contributed by atoms with Crippen LogP contribution in [0.4, 0.5) is 0 Å². The Hall–Kier alpha value is -1.10. The average molecular weight is 254 g/mol. The van der Waals surface area contributed by atoms with Gasteiger partial charge in [0, 0.05) is 45.1 Å². The number of unbranched alkanes of at least 4 members (excludes halogenated alkanes) is 1. The summed E-state index contributed by atoms with van der Waals surface area (Å²) in [7, 11) is 0. The molecule has 0 bridgehead atoms. The second-order valence-electron chi connectivity index (χ2n) is 5.25. The molecule has 1 N–H and O–H groups in total. The van der Waals surface area contributed by atoms with Gasteiger partial charge in [-0.15, -0.1) is 0 Å².